The number of piperazine rings is 1. The van der Waals surface area contributed by atoms with Crippen LogP contribution in [-0.2, 0) is 16.0 Å². The molecule has 3 N–H and O–H groups in total. The number of carbonyl (C=O) groups is 1. The predicted octanol–water partition coefficient (Wildman–Crippen LogP) is 1.84. The fourth-order valence-corrected chi connectivity index (χ4v) is 4.48. The van der Waals surface area contributed by atoms with Crippen molar-refractivity contribution in [2.45, 2.75) is 19.1 Å². The number of hydrogen-bond acceptors (Lipinski definition) is 7. The van der Waals surface area contributed by atoms with Gasteiger partial charge < -0.3 is 20.3 Å². The summed E-state index contributed by atoms with van der Waals surface area (Å²) in [5, 5.41) is 14.8. The molecule has 0 radical (unpaired) electrons. The minimum atomic E-state index is -0.190. The van der Waals surface area contributed by atoms with Crippen molar-refractivity contribution in [3.05, 3.63) is 64.6 Å². The highest BCUT2D eigenvalue weighted by Crippen LogP contribution is 2.29. The summed E-state index contributed by atoms with van der Waals surface area (Å²) >= 11 is 0. The smallest absolute Gasteiger partial charge is 0.272 e. The molecule has 9 heteroatoms. The molecule has 172 valence electrons. The number of para-hydroxylation sites is 2. The minimum absolute atomic E-state index is 0.0721. The number of benzene rings is 2. The molecular weight excluding hydrogens is 420 g/mol. The maximum atomic E-state index is 12.6. The van der Waals surface area contributed by atoms with E-state index < -0.39 is 0 Å². The SMILES string of the molecule is O=C(CCOCCc1cccc2c(=O)[nH]ncc12)N1CCN(C2Nc3ccccc3N2)CC1. The summed E-state index contributed by atoms with van der Waals surface area (Å²) in [5.41, 5.74) is 3.06. The van der Waals surface area contributed by atoms with E-state index in [1.807, 2.05) is 29.2 Å². The zero-order valence-corrected chi connectivity index (χ0v) is 18.4. The van der Waals surface area contributed by atoms with Crippen LogP contribution in [0, 0.1) is 0 Å². The van der Waals surface area contributed by atoms with E-state index in [0.29, 0.717) is 44.5 Å². The highest BCUT2D eigenvalue weighted by Gasteiger charge is 2.29. The van der Waals surface area contributed by atoms with Crippen LogP contribution in [0.1, 0.15) is 12.0 Å². The lowest BCUT2D eigenvalue weighted by molar-refractivity contribution is -0.134. The maximum Gasteiger partial charge on any atom is 0.272 e. The molecule has 0 bridgehead atoms. The van der Waals surface area contributed by atoms with Crippen molar-refractivity contribution in [2.24, 2.45) is 0 Å². The van der Waals surface area contributed by atoms with E-state index in [1.54, 1.807) is 12.3 Å². The van der Waals surface area contributed by atoms with Gasteiger partial charge in [0.2, 0.25) is 5.91 Å². The number of H-pyrrole nitrogens is 1. The summed E-state index contributed by atoms with van der Waals surface area (Å²) in [4.78, 5) is 28.7. The summed E-state index contributed by atoms with van der Waals surface area (Å²) in [6.07, 6.45) is 2.79. The van der Waals surface area contributed by atoms with E-state index in [-0.39, 0.29) is 17.8 Å². The Bertz CT molecular complexity index is 1160. The number of rotatable bonds is 7. The Morgan fingerprint density at radius 2 is 1.73 bits per heavy atom. The van der Waals surface area contributed by atoms with Gasteiger partial charge in [-0.2, -0.15) is 5.10 Å². The first-order chi connectivity index (χ1) is 16.2. The van der Waals surface area contributed by atoms with Gasteiger partial charge in [0.1, 0.15) is 0 Å². The number of fused-ring (bicyclic) bond motifs is 2. The summed E-state index contributed by atoms with van der Waals surface area (Å²) in [6.45, 7) is 3.95. The first-order valence-corrected chi connectivity index (χ1v) is 11.4. The number of ether oxygens (including phenoxy) is 1. The lowest BCUT2D eigenvalue weighted by atomic mass is 10.1. The minimum Gasteiger partial charge on any atom is -0.381 e. The second-order valence-electron chi connectivity index (χ2n) is 8.34. The van der Waals surface area contributed by atoms with Crippen LogP contribution in [0.15, 0.2) is 53.5 Å². The van der Waals surface area contributed by atoms with E-state index in [9.17, 15) is 9.59 Å². The van der Waals surface area contributed by atoms with E-state index >= 15 is 0 Å². The third-order valence-corrected chi connectivity index (χ3v) is 6.32. The van der Waals surface area contributed by atoms with E-state index in [4.69, 9.17) is 4.74 Å². The first-order valence-electron chi connectivity index (χ1n) is 11.4. The second-order valence-corrected chi connectivity index (χ2v) is 8.34. The molecular formula is C24H28N6O3. The van der Waals surface area contributed by atoms with Gasteiger partial charge in [-0.05, 0) is 30.2 Å². The van der Waals surface area contributed by atoms with Crippen molar-refractivity contribution in [3.63, 3.8) is 0 Å². The number of aromatic nitrogens is 2. The van der Waals surface area contributed by atoms with Crippen molar-refractivity contribution in [3.8, 4) is 0 Å². The largest absolute Gasteiger partial charge is 0.381 e. The van der Waals surface area contributed by atoms with Gasteiger partial charge in [-0.1, -0.05) is 24.3 Å². The molecule has 0 atom stereocenters. The highest BCUT2D eigenvalue weighted by molar-refractivity contribution is 5.83. The molecule has 0 aliphatic carbocycles. The van der Waals surface area contributed by atoms with Crippen molar-refractivity contribution in [1.29, 1.82) is 0 Å². The monoisotopic (exact) mass is 448 g/mol. The summed E-state index contributed by atoms with van der Waals surface area (Å²) < 4.78 is 5.73. The molecule has 0 unspecified atom stereocenters. The third kappa shape index (κ3) is 4.69. The van der Waals surface area contributed by atoms with E-state index in [2.05, 4.69) is 37.9 Å². The number of nitrogens with one attached hydrogen (secondary N) is 3. The van der Waals surface area contributed by atoms with Crippen molar-refractivity contribution in [1.82, 2.24) is 20.0 Å². The molecule has 0 saturated carbocycles. The molecule has 5 rings (SSSR count). The van der Waals surface area contributed by atoms with Crippen LogP contribution in [0.3, 0.4) is 0 Å². The van der Waals surface area contributed by atoms with Gasteiger partial charge in [0.15, 0.2) is 6.29 Å². The van der Waals surface area contributed by atoms with Gasteiger partial charge in [0, 0.05) is 31.6 Å². The molecule has 2 aromatic carbocycles. The lowest BCUT2D eigenvalue weighted by Crippen LogP contribution is -2.55. The van der Waals surface area contributed by atoms with Crippen molar-refractivity contribution < 1.29 is 9.53 Å². The molecule has 3 aromatic rings. The van der Waals surface area contributed by atoms with Crippen LogP contribution in [0.25, 0.3) is 10.8 Å². The maximum absolute atomic E-state index is 12.6. The van der Waals surface area contributed by atoms with Crippen molar-refractivity contribution in [2.75, 3.05) is 50.0 Å². The Balaban J connectivity index is 1.03. The molecule has 33 heavy (non-hydrogen) atoms. The summed E-state index contributed by atoms with van der Waals surface area (Å²) in [5.74, 6) is 0.131. The molecule has 1 aromatic heterocycles. The number of aromatic amines is 1. The summed E-state index contributed by atoms with van der Waals surface area (Å²) in [6, 6.07) is 13.8. The van der Waals surface area contributed by atoms with Crippen LogP contribution in [0.5, 0.6) is 0 Å². The standard InChI is InChI=1S/C24H28N6O3/c31-22(9-15-33-14-8-17-4-3-5-18-19(17)16-25-28-23(18)32)29-10-12-30(13-11-29)24-26-20-6-1-2-7-21(20)27-24/h1-7,16,24,26-27H,8-15H2,(H,28,32). The number of anilines is 2. The first kappa shape index (κ1) is 21.4. The average molecular weight is 449 g/mol. The van der Waals surface area contributed by atoms with Gasteiger partial charge in [-0.3, -0.25) is 14.5 Å². The van der Waals surface area contributed by atoms with Crippen LogP contribution >= 0.6 is 0 Å². The molecule has 2 aliphatic rings. The van der Waals surface area contributed by atoms with Gasteiger partial charge in [-0.15, -0.1) is 0 Å². The average Bonchev–Trinajstić information content (AvgIpc) is 3.29. The number of carbonyl (C=O) groups excluding carboxylic acids is 1. The van der Waals surface area contributed by atoms with Gasteiger partial charge in [0.25, 0.3) is 5.56 Å². The van der Waals surface area contributed by atoms with Crippen LogP contribution in [-0.4, -0.2) is 71.6 Å². The van der Waals surface area contributed by atoms with Crippen molar-refractivity contribution >= 4 is 28.1 Å². The van der Waals surface area contributed by atoms with Gasteiger partial charge in [-0.25, -0.2) is 5.10 Å². The predicted molar refractivity (Wildman–Crippen MR) is 127 cm³/mol. The molecule has 1 fully saturated rings. The number of amides is 1. The molecule has 9 nitrogen and oxygen atoms in total. The topological polar surface area (TPSA) is 103 Å². The van der Waals surface area contributed by atoms with Crippen LogP contribution in [0.2, 0.25) is 0 Å². The summed E-state index contributed by atoms with van der Waals surface area (Å²) in [7, 11) is 0. The van der Waals surface area contributed by atoms with Crippen LogP contribution < -0.4 is 16.2 Å². The molecule has 0 spiro atoms. The molecule has 1 amide bonds. The van der Waals surface area contributed by atoms with Gasteiger partial charge in [0.05, 0.1) is 42.6 Å². The Labute approximate surface area is 191 Å². The number of nitrogens with zero attached hydrogens (tertiary/aromatic N) is 3. The Kier molecular flexibility index (Phi) is 6.23. The fourth-order valence-electron chi connectivity index (χ4n) is 4.48. The normalized spacial score (nSPS) is 16.4. The zero-order chi connectivity index (χ0) is 22.6. The Hall–Kier alpha value is -3.43. The third-order valence-electron chi connectivity index (χ3n) is 6.32. The lowest BCUT2D eigenvalue weighted by Gasteiger charge is -2.38. The Morgan fingerprint density at radius 3 is 2.48 bits per heavy atom. The van der Waals surface area contributed by atoms with E-state index in [0.717, 1.165) is 35.4 Å². The second kappa shape index (κ2) is 9.60. The molecule has 3 heterocycles. The molecule has 2 aliphatic heterocycles. The van der Waals surface area contributed by atoms with E-state index in [1.165, 1.54) is 0 Å². The highest BCUT2D eigenvalue weighted by atomic mass is 16.5. The zero-order valence-electron chi connectivity index (χ0n) is 18.4. The fraction of sp³-hybridized carbons (Fsp3) is 0.375. The Morgan fingerprint density at radius 1 is 0.970 bits per heavy atom. The number of hydrogen-bond donors (Lipinski definition) is 3. The molecule has 1 saturated heterocycles. The quantitative estimate of drug-likeness (QED) is 0.474. The van der Waals surface area contributed by atoms with Crippen LogP contribution in [0.4, 0.5) is 11.4 Å². The van der Waals surface area contributed by atoms with Gasteiger partial charge >= 0.3 is 0 Å².